The van der Waals surface area contributed by atoms with Crippen LogP contribution < -0.4 is 5.73 Å². The minimum atomic E-state index is -3.29. The van der Waals surface area contributed by atoms with Crippen LogP contribution in [0.2, 0.25) is 0 Å². The molecule has 0 saturated carbocycles. The molecule has 1 aliphatic heterocycles. The molecule has 0 spiro atoms. The molecule has 2 N–H and O–H groups in total. The van der Waals surface area contributed by atoms with Crippen molar-refractivity contribution >= 4 is 10.0 Å². The van der Waals surface area contributed by atoms with E-state index >= 15 is 0 Å². The molecule has 0 aliphatic carbocycles. The molecular formula is C13H28N2O3S. The van der Waals surface area contributed by atoms with Crippen molar-refractivity contribution in [2.24, 2.45) is 5.73 Å². The molecule has 0 atom stereocenters. The van der Waals surface area contributed by atoms with Crippen LogP contribution in [0.5, 0.6) is 0 Å². The molecule has 0 aromatic heterocycles. The lowest BCUT2D eigenvalue weighted by Gasteiger charge is -2.43. The van der Waals surface area contributed by atoms with Gasteiger partial charge in [-0.25, -0.2) is 8.42 Å². The normalized spacial score (nSPS) is 19.0. The summed E-state index contributed by atoms with van der Waals surface area (Å²) in [6, 6.07) is 0. The van der Waals surface area contributed by atoms with Gasteiger partial charge in [-0.05, 0) is 25.7 Å². The number of nitrogens with zero attached hydrogens (tertiary/aromatic N) is 1. The maximum atomic E-state index is 12.9. The smallest absolute Gasteiger partial charge is 0.217 e. The fourth-order valence-electron chi connectivity index (χ4n) is 2.93. The molecule has 1 heterocycles. The number of hydrogen-bond donors (Lipinski definition) is 1. The molecule has 114 valence electrons. The van der Waals surface area contributed by atoms with Gasteiger partial charge in [0.15, 0.2) is 0 Å². The number of nitrogens with two attached hydrogens (primary N) is 1. The van der Waals surface area contributed by atoms with Gasteiger partial charge < -0.3 is 10.5 Å². The summed E-state index contributed by atoms with van der Waals surface area (Å²) in [6.45, 7) is 7.85. The first-order chi connectivity index (χ1) is 8.98. The van der Waals surface area contributed by atoms with Crippen molar-refractivity contribution in [1.82, 2.24) is 4.31 Å². The lowest BCUT2D eigenvalue weighted by atomic mass is 9.93. The van der Waals surface area contributed by atoms with Crippen molar-refractivity contribution in [3.8, 4) is 0 Å². The van der Waals surface area contributed by atoms with Crippen molar-refractivity contribution in [3.63, 3.8) is 0 Å². The van der Waals surface area contributed by atoms with Crippen LogP contribution in [0.3, 0.4) is 0 Å². The first kappa shape index (κ1) is 16.9. The van der Waals surface area contributed by atoms with E-state index in [2.05, 4.69) is 0 Å². The predicted octanol–water partition coefficient (Wildman–Crippen LogP) is 1.33. The molecule has 1 saturated heterocycles. The van der Waals surface area contributed by atoms with Crippen molar-refractivity contribution in [2.75, 3.05) is 26.3 Å². The summed E-state index contributed by atoms with van der Waals surface area (Å²) in [4.78, 5) is 0. The Hall–Kier alpha value is -0.170. The Bertz CT molecular complexity index is 352. The highest BCUT2D eigenvalue weighted by Gasteiger charge is 2.42. The highest BCUT2D eigenvalue weighted by molar-refractivity contribution is 7.89. The number of likely N-dealkylation sites (N-methyl/N-ethyl adjacent to an activating group) is 1. The molecule has 5 nitrogen and oxygen atoms in total. The van der Waals surface area contributed by atoms with E-state index in [0.29, 0.717) is 39.1 Å². The molecule has 0 amide bonds. The van der Waals surface area contributed by atoms with Crippen molar-refractivity contribution in [1.29, 1.82) is 0 Å². The summed E-state index contributed by atoms with van der Waals surface area (Å²) in [5.41, 5.74) is 5.46. The summed E-state index contributed by atoms with van der Waals surface area (Å²) in [5, 5.41) is -0.315. The second-order valence-electron chi connectivity index (χ2n) is 5.16. The Morgan fingerprint density at radius 1 is 1.21 bits per heavy atom. The molecule has 6 heteroatoms. The van der Waals surface area contributed by atoms with Crippen LogP contribution in [0.4, 0.5) is 0 Å². The zero-order valence-electron chi connectivity index (χ0n) is 12.4. The van der Waals surface area contributed by atoms with Crippen molar-refractivity contribution in [2.45, 2.75) is 57.2 Å². The second-order valence-corrected chi connectivity index (χ2v) is 7.29. The van der Waals surface area contributed by atoms with Crippen LogP contribution in [-0.4, -0.2) is 49.8 Å². The monoisotopic (exact) mass is 292 g/mol. The largest absolute Gasteiger partial charge is 0.381 e. The molecule has 0 aromatic rings. The summed E-state index contributed by atoms with van der Waals surface area (Å²) >= 11 is 0. The van der Waals surface area contributed by atoms with Crippen molar-refractivity contribution < 1.29 is 13.2 Å². The number of ether oxygens (including phenoxy) is 1. The van der Waals surface area contributed by atoms with Gasteiger partial charge in [-0.1, -0.05) is 20.8 Å². The van der Waals surface area contributed by atoms with E-state index < -0.39 is 15.6 Å². The van der Waals surface area contributed by atoms with Crippen LogP contribution in [0.15, 0.2) is 0 Å². The maximum Gasteiger partial charge on any atom is 0.217 e. The Morgan fingerprint density at radius 3 is 2.11 bits per heavy atom. The van der Waals surface area contributed by atoms with Crippen LogP contribution in [-0.2, 0) is 14.8 Å². The minimum absolute atomic E-state index is 0.315. The van der Waals surface area contributed by atoms with E-state index in [1.807, 2.05) is 20.8 Å². The predicted molar refractivity (Wildman–Crippen MR) is 77.5 cm³/mol. The molecule has 0 unspecified atom stereocenters. The first-order valence-corrected chi connectivity index (χ1v) is 8.78. The van der Waals surface area contributed by atoms with Crippen molar-refractivity contribution in [3.05, 3.63) is 0 Å². The zero-order chi connectivity index (χ0) is 14.5. The summed E-state index contributed by atoms with van der Waals surface area (Å²) < 4.78 is 32.6. The van der Waals surface area contributed by atoms with Crippen LogP contribution in [0, 0.1) is 0 Å². The van der Waals surface area contributed by atoms with E-state index in [1.54, 1.807) is 4.31 Å². The highest BCUT2D eigenvalue weighted by Crippen LogP contribution is 2.30. The van der Waals surface area contributed by atoms with E-state index in [1.165, 1.54) is 0 Å². The van der Waals surface area contributed by atoms with Gasteiger partial charge in [0.2, 0.25) is 10.0 Å². The molecule has 0 aromatic carbocycles. The summed E-state index contributed by atoms with van der Waals surface area (Å²) in [6.07, 6.45) is 2.67. The number of rotatable bonds is 7. The van der Waals surface area contributed by atoms with E-state index in [0.717, 1.165) is 12.8 Å². The van der Waals surface area contributed by atoms with Crippen LogP contribution in [0.25, 0.3) is 0 Å². The van der Waals surface area contributed by atoms with E-state index in [-0.39, 0.29) is 5.25 Å². The molecular weight excluding hydrogens is 264 g/mol. The topological polar surface area (TPSA) is 72.6 Å². The molecule has 0 radical (unpaired) electrons. The molecule has 1 rings (SSSR count). The van der Waals surface area contributed by atoms with Gasteiger partial charge in [-0.2, -0.15) is 4.31 Å². The quantitative estimate of drug-likeness (QED) is 0.768. The average molecular weight is 292 g/mol. The number of sulfonamides is 1. The second kappa shape index (κ2) is 7.02. The highest BCUT2D eigenvalue weighted by atomic mass is 32.2. The third kappa shape index (κ3) is 3.29. The lowest BCUT2D eigenvalue weighted by molar-refractivity contribution is 0.0948. The third-order valence-electron chi connectivity index (χ3n) is 4.41. The van der Waals surface area contributed by atoms with E-state index in [9.17, 15) is 8.42 Å². The van der Waals surface area contributed by atoms with Gasteiger partial charge >= 0.3 is 0 Å². The standard InChI is InChI=1S/C13H28N2O3S/c1-4-13(5-2,11-14)15(6-3)19(16,17)12-7-9-18-10-8-12/h12H,4-11,14H2,1-3H3. The van der Waals surface area contributed by atoms with Gasteiger partial charge in [0.25, 0.3) is 0 Å². The molecule has 0 bridgehead atoms. The average Bonchev–Trinajstić information content (AvgIpc) is 2.45. The van der Waals surface area contributed by atoms with Gasteiger partial charge in [0, 0.05) is 31.8 Å². The molecule has 1 aliphatic rings. The zero-order valence-corrected chi connectivity index (χ0v) is 13.2. The van der Waals surface area contributed by atoms with Gasteiger partial charge in [0.05, 0.1) is 5.25 Å². The van der Waals surface area contributed by atoms with Gasteiger partial charge in [-0.15, -0.1) is 0 Å². The Morgan fingerprint density at radius 2 is 1.74 bits per heavy atom. The maximum absolute atomic E-state index is 12.9. The van der Waals surface area contributed by atoms with Crippen LogP contribution in [0.1, 0.15) is 46.5 Å². The summed E-state index contributed by atoms with van der Waals surface area (Å²) in [5.74, 6) is 0. The van der Waals surface area contributed by atoms with Crippen LogP contribution >= 0.6 is 0 Å². The Kier molecular flexibility index (Phi) is 6.23. The Balaban J connectivity index is 3.05. The Labute approximate surface area is 117 Å². The van der Waals surface area contributed by atoms with E-state index in [4.69, 9.17) is 10.5 Å². The lowest BCUT2D eigenvalue weighted by Crippen LogP contribution is -2.58. The number of hydrogen-bond acceptors (Lipinski definition) is 4. The first-order valence-electron chi connectivity index (χ1n) is 7.28. The minimum Gasteiger partial charge on any atom is -0.381 e. The summed E-state index contributed by atoms with van der Waals surface area (Å²) in [7, 11) is -3.29. The fourth-order valence-corrected chi connectivity index (χ4v) is 5.31. The fraction of sp³-hybridized carbons (Fsp3) is 1.00. The van der Waals surface area contributed by atoms with Gasteiger partial charge in [-0.3, -0.25) is 0 Å². The molecule has 1 fully saturated rings. The molecule has 19 heavy (non-hydrogen) atoms. The van der Waals surface area contributed by atoms with Gasteiger partial charge in [0.1, 0.15) is 0 Å². The third-order valence-corrected chi connectivity index (χ3v) is 6.98. The SMILES string of the molecule is CCN(C(CC)(CC)CN)S(=O)(=O)C1CCOCC1.